The zero-order chi connectivity index (χ0) is 14.1. The predicted octanol–water partition coefficient (Wildman–Crippen LogP) is 2.54. The predicted molar refractivity (Wildman–Crippen MR) is 81.5 cm³/mol. The average Bonchev–Trinajstić information content (AvgIpc) is 2.39. The smallest absolute Gasteiger partial charge is 0.225 e. The molecule has 5 heteroatoms. The fourth-order valence-corrected chi connectivity index (χ4v) is 2.79. The van der Waals surface area contributed by atoms with Crippen molar-refractivity contribution in [1.82, 2.24) is 0 Å². The zero-order valence-corrected chi connectivity index (χ0v) is 12.2. The summed E-state index contributed by atoms with van der Waals surface area (Å²) < 4.78 is 11.6. The van der Waals surface area contributed by atoms with Crippen molar-refractivity contribution in [1.29, 1.82) is 0 Å². The Labute approximate surface area is 117 Å². The van der Waals surface area contributed by atoms with Gasteiger partial charge < -0.3 is 11.1 Å². The van der Waals surface area contributed by atoms with Gasteiger partial charge in [0.1, 0.15) is 0 Å². The third kappa shape index (κ3) is 6.38. The molecule has 0 aliphatic heterocycles. The Bertz CT molecular complexity index is 435. The summed E-state index contributed by atoms with van der Waals surface area (Å²) in [5, 5.41) is 2.73. The first-order valence-corrected chi connectivity index (χ1v) is 8.11. The summed E-state index contributed by atoms with van der Waals surface area (Å²) in [7, 11) is -0.898. The van der Waals surface area contributed by atoms with Gasteiger partial charge in [0.25, 0.3) is 0 Å². The molecular weight excluding hydrogens is 260 g/mol. The van der Waals surface area contributed by atoms with Gasteiger partial charge in [-0.1, -0.05) is 31.9 Å². The largest absolute Gasteiger partial charge is 0.397 e. The lowest BCUT2D eigenvalue weighted by atomic mass is 10.2. The van der Waals surface area contributed by atoms with E-state index in [-0.39, 0.29) is 12.3 Å². The SMILES string of the molecule is CCCCCS(=O)CCC(=O)Nc1ccccc1N. The lowest BCUT2D eigenvalue weighted by Gasteiger charge is -2.07. The summed E-state index contributed by atoms with van der Waals surface area (Å²) in [5.41, 5.74) is 6.89. The molecule has 3 N–H and O–H groups in total. The van der Waals surface area contributed by atoms with Crippen LogP contribution in [0.1, 0.15) is 32.6 Å². The first-order valence-electron chi connectivity index (χ1n) is 6.62. The number of benzene rings is 1. The average molecular weight is 282 g/mol. The lowest BCUT2D eigenvalue weighted by molar-refractivity contribution is -0.115. The molecule has 1 aromatic rings. The maximum Gasteiger partial charge on any atom is 0.225 e. The van der Waals surface area contributed by atoms with Gasteiger partial charge in [0.05, 0.1) is 11.4 Å². The van der Waals surface area contributed by atoms with Gasteiger partial charge in [0.15, 0.2) is 0 Å². The molecule has 0 aliphatic rings. The van der Waals surface area contributed by atoms with Gasteiger partial charge in [-0.3, -0.25) is 9.00 Å². The van der Waals surface area contributed by atoms with E-state index in [9.17, 15) is 9.00 Å². The van der Waals surface area contributed by atoms with Gasteiger partial charge in [-0.15, -0.1) is 0 Å². The summed E-state index contributed by atoms with van der Waals surface area (Å²) in [5.74, 6) is 0.971. The number of hydrogen-bond acceptors (Lipinski definition) is 3. The van der Waals surface area contributed by atoms with Crippen LogP contribution in [0.15, 0.2) is 24.3 Å². The molecule has 4 nitrogen and oxygen atoms in total. The molecule has 106 valence electrons. The Morgan fingerprint density at radius 2 is 2.00 bits per heavy atom. The lowest BCUT2D eigenvalue weighted by Crippen LogP contribution is -2.16. The highest BCUT2D eigenvalue weighted by molar-refractivity contribution is 7.84. The van der Waals surface area contributed by atoms with E-state index in [1.807, 2.05) is 12.1 Å². The maximum absolute atomic E-state index is 11.7. The van der Waals surface area contributed by atoms with Crippen LogP contribution < -0.4 is 11.1 Å². The number of unbranched alkanes of at least 4 members (excludes halogenated alkanes) is 2. The number of nitrogen functional groups attached to an aromatic ring is 1. The first kappa shape index (κ1) is 15.7. The molecule has 0 fully saturated rings. The van der Waals surface area contributed by atoms with Crippen LogP contribution in [-0.4, -0.2) is 21.6 Å². The van der Waals surface area contributed by atoms with Crippen LogP contribution in [0, 0.1) is 0 Å². The van der Waals surface area contributed by atoms with Crippen LogP contribution >= 0.6 is 0 Å². The second kappa shape index (κ2) is 8.69. The van der Waals surface area contributed by atoms with Gasteiger partial charge in [0.2, 0.25) is 5.91 Å². The molecule has 0 spiro atoms. The zero-order valence-electron chi connectivity index (χ0n) is 11.4. The summed E-state index contributed by atoms with van der Waals surface area (Å²) in [4.78, 5) is 11.7. The monoisotopic (exact) mass is 282 g/mol. The number of para-hydroxylation sites is 2. The van der Waals surface area contributed by atoms with E-state index >= 15 is 0 Å². The van der Waals surface area contributed by atoms with Crippen molar-refractivity contribution >= 4 is 28.1 Å². The number of hydrogen-bond donors (Lipinski definition) is 2. The summed E-state index contributed by atoms with van der Waals surface area (Å²) in [6.45, 7) is 2.11. The van der Waals surface area contributed by atoms with Crippen molar-refractivity contribution in [2.75, 3.05) is 22.6 Å². The van der Waals surface area contributed by atoms with Crippen molar-refractivity contribution in [2.45, 2.75) is 32.6 Å². The number of nitrogens with two attached hydrogens (primary N) is 1. The summed E-state index contributed by atoms with van der Waals surface area (Å²) >= 11 is 0. The molecule has 19 heavy (non-hydrogen) atoms. The van der Waals surface area contributed by atoms with Crippen molar-refractivity contribution in [2.24, 2.45) is 0 Å². The topological polar surface area (TPSA) is 72.2 Å². The molecule has 1 atom stereocenters. The first-order chi connectivity index (χ1) is 9.13. The number of amides is 1. The van der Waals surface area contributed by atoms with Gasteiger partial charge >= 0.3 is 0 Å². The van der Waals surface area contributed by atoms with Gasteiger partial charge in [-0.2, -0.15) is 0 Å². The molecule has 0 bridgehead atoms. The quantitative estimate of drug-likeness (QED) is 0.568. The van der Waals surface area contributed by atoms with Crippen LogP contribution in [0.25, 0.3) is 0 Å². The normalized spacial score (nSPS) is 12.1. The number of carbonyl (C=O) groups is 1. The molecule has 1 aromatic carbocycles. The van der Waals surface area contributed by atoms with Gasteiger partial charge in [-0.25, -0.2) is 0 Å². The summed E-state index contributed by atoms with van der Waals surface area (Å²) in [6, 6.07) is 7.12. The van der Waals surface area contributed by atoms with Gasteiger partial charge in [0, 0.05) is 28.7 Å². The Morgan fingerprint density at radius 1 is 1.26 bits per heavy atom. The van der Waals surface area contributed by atoms with E-state index < -0.39 is 10.8 Å². The second-order valence-corrected chi connectivity index (χ2v) is 6.14. The molecule has 1 amide bonds. The van der Waals surface area contributed by atoms with E-state index in [0.29, 0.717) is 22.9 Å². The highest BCUT2D eigenvalue weighted by atomic mass is 32.2. The van der Waals surface area contributed by atoms with Crippen molar-refractivity contribution in [3.63, 3.8) is 0 Å². The van der Waals surface area contributed by atoms with Crippen molar-refractivity contribution in [3.05, 3.63) is 24.3 Å². The molecule has 0 saturated heterocycles. The van der Waals surface area contributed by atoms with Crippen LogP contribution in [0.4, 0.5) is 11.4 Å². The molecule has 0 aromatic heterocycles. The number of anilines is 2. The molecule has 0 radical (unpaired) electrons. The number of nitrogens with one attached hydrogen (secondary N) is 1. The fraction of sp³-hybridized carbons (Fsp3) is 0.500. The highest BCUT2D eigenvalue weighted by Gasteiger charge is 2.07. The van der Waals surface area contributed by atoms with E-state index in [0.717, 1.165) is 19.3 Å². The third-order valence-electron chi connectivity index (χ3n) is 2.77. The number of carbonyl (C=O) groups excluding carboxylic acids is 1. The van der Waals surface area contributed by atoms with E-state index in [4.69, 9.17) is 5.73 Å². The van der Waals surface area contributed by atoms with Gasteiger partial charge in [-0.05, 0) is 18.6 Å². The van der Waals surface area contributed by atoms with Crippen LogP contribution in [0.3, 0.4) is 0 Å². The molecule has 1 rings (SSSR count). The molecule has 0 aliphatic carbocycles. The standard InChI is InChI=1S/C14H22N2O2S/c1-2-3-6-10-19(18)11-9-14(17)16-13-8-5-4-7-12(13)15/h4-5,7-8H,2-3,6,9-11,15H2,1H3,(H,16,17). The Hall–Kier alpha value is -1.36. The summed E-state index contributed by atoms with van der Waals surface area (Å²) in [6.07, 6.45) is 3.45. The van der Waals surface area contributed by atoms with Crippen molar-refractivity contribution < 1.29 is 9.00 Å². The molecule has 0 saturated carbocycles. The maximum atomic E-state index is 11.7. The minimum absolute atomic E-state index is 0.137. The minimum Gasteiger partial charge on any atom is -0.397 e. The fourth-order valence-electron chi connectivity index (χ4n) is 1.65. The molecule has 0 heterocycles. The van der Waals surface area contributed by atoms with Crippen LogP contribution in [0.5, 0.6) is 0 Å². The Kier molecular flexibility index (Phi) is 7.18. The second-order valence-electron chi connectivity index (χ2n) is 4.44. The van der Waals surface area contributed by atoms with E-state index in [1.54, 1.807) is 12.1 Å². The highest BCUT2D eigenvalue weighted by Crippen LogP contribution is 2.16. The van der Waals surface area contributed by atoms with E-state index in [1.165, 1.54) is 0 Å². The van der Waals surface area contributed by atoms with Crippen LogP contribution in [-0.2, 0) is 15.6 Å². The van der Waals surface area contributed by atoms with Crippen LogP contribution in [0.2, 0.25) is 0 Å². The Morgan fingerprint density at radius 3 is 2.68 bits per heavy atom. The molecule has 1 unspecified atom stereocenters. The van der Waals surface area contributed by atoms with E-state index in [2.05, 4.69) is 12.2 Å². The number of rotatable bonds is 8. The molecular formula is C14H22N2O2S. The third-order valence-corrected chi connectivity index (χ3v) is 4.17. The Balaban J connectivity index is 2.28. The van der Waals surface area contributed by atoms with Crippen molar-refractivity contribution in [3.8, 4) is 0 Å². The minimum atomic E-state index is -0.898.